The molecule has 133 heavy (non-hydrogen) atoms. The largest absolute Gasteiger partial charge is 0.463 e. The molecule has 750 valence electrons. The van der Waals surface area contributed by atoms with E-state index in [2.05, 4.69) is 75.9 Å². The number of hydrogen-bond donors (Lipinski definition) is 8. The third-order valence-electron chi connectivity index (χ3n) is 18.8. The Morgan fingerprint density at radius 3 is 0.977 bits per heavy atom. The summed E-state index contributed by atoms with van der Waals surface area (Å²) in [5.74, 6) is -7.61. The molecule has 3 aliphatic heterocycles. The van der Waals surface area contributed by atoms with E-state index in [1.807, 2.05) is 0 Å². The number of nitrogens with one attached hydrogen (secondary N) is 8. The molecule has 1 aromatic rings. The van der Waals surface area contributed by atoms with Crippen molar-refractivity contribution >= 4 is 104 Å². The number of hydrogen-bond acceptors (Lipinski definition) is 40. The Hall–Kier alpha value is -10.0. The van der Waals surface area contributed by atoms with Gasteiger partial charge in [-0.1, -0.05) is 27.7 Å². The van der Waals surface area contributed by atoms with Crippen LogP contribution in [-0.2, 0) is 176 Å². The summed E-state index contributed by atoms with van der Waals surface area (Å²) in [6.07, 6.45) is -10.8. The molecule has 48 heteroatoms. The monoisotopic (exact) mass is 1920 g/mol. The highest BCUT2D eigenvalue weighted by Crippen LogP contribution is 2.39. The molecule has 0 bridgehead atoms. The quantitative estimate of drug-likeness (QED) is 0.0137. The van der Waals surface area contributed by atoms with Crippen LogP contribution in [0, 0.1) is 24.2 Å². The van der Waals surface area contributed by atoms with Crippen molar-refractivity contribution < 1.29 is 185 Å². The van der Waals surface area contributed by atoms with Gasteiger partial charge in [-0.2, -0.15) is 0 Å². The number of carbonyl (C=O) groups excluding carboxylic acids is 16. The molecule has 3 fully saturated rings. The normalized spacial score (nSPS) is 22.1. The van der Waals surface area contributed by atoms with E-state index in [1.54, 1.807) is 12.1 Å². The van der Waals surface area contributed by atoms with E-state index in [1.165, 1.54) is 32.9 Å². The summed E-state index contributed by atoms with van der Waals surface area (Å²) in [4.78, 5) is 202. The van der Waals surface area contributed by atoms with Gasteiger partial charge in [-0.05, 0) is 36.1 Å². The van der Waals surface area contributed by atoms with Gasteiger partial charge in [0.05, 0.1) is 106 Å². The van der Waals surface area contributed by atoms with Gasteiger partial charge in [0.2, 0.25) is 35.4 Å². The van der Waals surface area contributed by atoms with Crippen LogP contribution in [0.5, 0.6) is 5.75 Å². The first kappa shape index (κ1) is 115. The zero-order valence-electron chi connectivity index (χ0n) is 78.0. The molecule has 3 aliphatic rings. The molecule has 0 saturated carbocycles. The van der Waals surface area contributed by atoms with Gasteiger partial charge < -0.3 is 146 Å². The summed E-state index contributed by atoms with van der Waals surface area (Å²) >= 11 is 0. The first-order valence-corrected chi connectivity index (χ1v) is 44.3. The molecule has 47 nitrogen and oxygen atoms in total. The van der Waals surface area contributed by atoms with Gasteiger partial charge in [-0.3, -0.25) is 76.7 Å². The van der Waals surface area contributed by atoms with Crippen LogP contribution in [0.2, 0.25) is 0 Å². The van der Waals surface area contributed by atoms with Gasteiger partial charge in [0.25, 0.3) is 5.91 Å². The predicted octanol–water partition coefficient (Wildman–Crippen LogP) is -0.292. The van der Waals surface area contributed by atoms with Gasteiger partial charge >= 0.3 is 62.2 Å². The minimum Gasteiger partial charge on any atom is -0.463 e. The maximum atomic E-state index is 14.7. The van der Waals surface area contributed by atoms with Crippen molar-refractivity contribution in [2.75, 3.05) is 145 Å². The number of ether oxygens (including phenoxy) is 21. The van der Waals surface area contributed by atoms with Gasteiger partial charge in [0, 0.05) is 140 Å². The van der Waals surface area contributed by atoms with Crippen molar-refractivity contribution in [1.82, 2.24) is 42.3 Å². The smallest absolute Gasteiger partial charge is 0.318 e. The van der Waals surface area contributed by atoms with Crippen LogP contribution in [0.3, 0.4) is 0 Å². The number of amides is 7. The third kappa shape index (κ3) is 46.2. The van der Waals surface area contributed by atoms with E-state index < -0.39 is 241 Å². The maximum absolute atomic E-state index is 14.7. The standard InChI is InChI=1S/C85H131N8O39P/c1-18-19-30-122-133(93-71(49(2)3)50(4)5)132-64-22-20-63(21-23-64)81(109)92-85(46-113-31-24-68(106)86-27-34-110-37-40-116-82-72(89-51(6)94)78(126-60(15)103)75(123-57(12)100)65(129-82)43-119-54(9)97,47-114-32-25-69(107)87-28-35-111-38-41-117-83-73(90-52(7)95)79(127-61(16)104)76(124-58(13)101)66(130-83)44-120-55(10)98)48-115-33-26-70(108)88-29-36-112-39-42-118-84-74(91-53(8)96)80(128-62(17)105)77(125-59(14)102)67(131-84)45-121-56(11)99/h1,20-23,49-50,65-67,71-80,82-84,93H,19,24-48H2,2-17H3,(H,86,106)(H,87,107)(H,88,108)(H,89,94)(H,90,95)(H,91,96)(H,92,109). The fraction of sp³-hybridized carbons (Fsp3) is 0.718. The number of rotatable bonds is 62. The summed E-state index contributed by atoms with van der Waals surface area (Å²) < 4.78 is 132. The lowest BCUT2D eigenvalue weighted by Crippen LogP contribution is -2.66. The van der Waals surface area contributed by atoms with Crippen LogP contribution in [0.25, 0.3) is 0 Å². The Morgan fingerprint density at radius 2 is 0.699 bits per heavy atom. The number of terminal acetylenes is 1. The molecule has 16 unspecified atom stereocenters. The number of esters is 9. The molecular weight excluding hydrogens is 1790 g/mol. The lowest BCUT2D eigenvalue weighted by molar-refractivity contribution is -0.279. The van der Waals surface area contributed by atoms with Crippen molar-refractivity contribution in [3.05, 3.63) is 29.8 Å². The summed E-state index contributed by atoms with van der Waals surface area (Å²) in [6.45, 7) is 17.3. The highest BCUT2D eigenvalue weighted by molar-refractivity contribution is 7.45. The van der Waals surface area contributed by atoms with Crippen LogP contribution < -0.4 is 46.8 Å². The molecule has 3 saturated heterocycles. The molecule has 4 rings (SSSR count). The summed E-state index contributed by atoms with van der Waals surface area (Å²) in [7, 11) is -1.75. The lowest BCUT2D eigenvalue weighted by atomic mass is 9.94. The van der Waals surface area contributed by atoms with E-state index in [9.17, 15) is 76.7 Å². The minimum absolute atomic E-state index is 0.0190. The lowest BCUT2D eigenvalue weighted by Gasteiger charge is -2.44. The molecule has 8 N–H and O–H groups in total. The fourth-order valence-electron chi connectivity index (χ4n) is 13.4. The average Bonchev–Trinajstić information content (AvgIpc) is 0.800. The van der Waals surface area contributed by atoms with Crippen molar-refractivity contribution in [1.29, 1.82) is 0 Å². The van der Waals surface area contributed by atoms with Crippen molar-refractivity contribution in [3.8, 4) is 18.1 Å². The Bertz CT molecular complexity index is 3610. The van der Waals surface area contributed by atoms with Crippen LogP contribution >= 0.6 is 8.53 Å². The molecule has 16 atom stereocenters. The second kappa shape index (κ2) is 62.5. The molecule has 0 spiro atoms. The molecule has 0 aliphatic carbocycles. The summed E-state index contributed by atoms with van der Waals surface area (Å²) in [6, 6.07) is 2.39. The maximum Gasteiger partial charge on any atom is 0.318 e. The Balaban J connectivity index is 1.54. The second-order valence-electron chi connectivity index (χ2n) is 31.1. The van der Waals surface area contributed by atoms with Gasteiger partial charge in [-0.15, -0.1) is 12.3 Å². The van der Waals surface area contributed by atoms with E-state index in [-0.39, 0.29) is 148 Å². The van der Waals surface area contributed by atoms with E-state index in [4.69, 9.17) is 115 Å². The zero-order valence-corrected chi connectivity index (χ0v) is 78.9. The highest BCUT2D eigenvalue weighted by Gasteiger charge is 2.55. The molecular formula is C85H131N8O39P. The minimum atomic E-state index is -1.75. The zero-order chi connectivity index (χ0) is 98.7. The van der Waals surface area contributed by atoms with E-state index in [0.29, 0.717) is 12.2 Å². The highest BCUT2D eigenvalue weighted by atomic mass is 31.2. The fourth-order valence-corrected chi connectivity index (χ4v) is 15.0. The topological polar surface area (TPSA) is 582 Å². The summed E-state index contributed by atoms with van der Waals surface area (Å²) in [5.41, 5.74) is -1.57. The molecule has 0 radical (unpaired) electrons. The molecule has 3 heterocycles. The first-order chi connectivity index (χ1) is 63.1. The molecule has 7 amide bonds. The van der Waals surface area contributed by atoms with Crippen molar-refractivity contribution in [2.24, 2.45) is 11.8 Å². The van der Waals surface area contributed by atoms with Gasteiger partial charge in [0.1, 0.15) is 67.5 Å². The molecule has 0 aromatic heterocycles. The van der Waals surface area contributed by atoms with Crippen LogP contribution in [0.15, 0.2) is 24.3 Å². The summed E-state index contributed by atoms with van der Waals surface area (Å²) in [5, 5.41) is 22.4. The molecule has 1 aromatic carbocycles. The first-order valence-electron chi connectivity index (χ1n) is 43.2. The Labute approximate surface area is 773 Å². The Kier molecular flexibility index (Phi) is 54.2. The SMILES string of the molecule is C#CCCOP(NC(C(C)C)C(C)C)Oc1ccc(C(=O)NC(COCCC(=O)NCCOCCOC2OC(COC(C)=O)C(OC(C)=O)C(OC(C)=O)C2NC(C)=O)(COCCC(=O)NCCOCCOC2OC(COC(C)=O)C(OC(C)=O)C(OC(C)=O)C2NC(C)=O)COCCC(=O)NCCOCCOC2OC(COC(C)=O)C(OC(C)=O)C(OC(C)=O)C2NC(C)=O)cc1. The van der Waals surface area contributed by atoms with Gasteiger partial charge in [-0.25, -0.2) is 5.09 Å². The Morgan fingerprint density at radius 1 is 0.391 bits per heavy atom. The van der Waals surface area contributed by atoms with Crippen molar-refractivity contribution in [2.45, 2.75) is 240 Å². The van der Waals surface area contributed by atoms with E-state index in [0.717, 1.165) is 62.3 Å². The van der Waals surface area contributed by atoms with Gasteiger partial charge in [0.15, 0.2) is 55.5 Å². The van der Waals surface area contributed by atoms with Crippen LogP contribution in [0.1, 0.15) is 147 Å². The second-order valence-corrected chi connectivity index (χ2v) is 32.3. The van der Waals surface area contributed by atoms with Crippen LogP contribution in [0.4, 0.5) is 0 Å². The predicted molar refractivity (Wildman–Crippen MR) is 458 cm³/mol. The average molecular weight is 1920 g/mol. The van der Waals surface area contributed by atoms with E-state index >= 15 is 0 Å². The number of benzene rings is 1. The number of carbonyl (C=O) groups is 16. The van der Waals surface area contributed by atoms with Crippen LogP contribution in [-0.4, -0.2) is 344 Å². The van der Waals surface area contributed by atoms with Crippen molar-refractivity contribution in [3.63, 3.8) is 0 Å². The third-order valence-corrected chi connectivity index (χ3v) is 20.1.